The summed E-state index contributed by atoms with van der Waals surface area (Å²) in [5.74, 6) is 0.576. The molecular formula is C13H15ClN4. The predicted octanol–water partition coefficient (Wildman–Crippen LogP) is 2.80. The van der Waals surface area contributed by atoms with Gasteiger partial charge < -0.3 is 5.32 Å². The number of anilines is 1. The maximum Gasteiger partial charge on any atom is 0.242 e. The normalized spacial score (nSPS) is 10.4. The molecule has 5 heteroatoms. The van der Waals surface area contributed by atoms with Crippen LogP contribution in [-0.2, 0) is 6.42 Å². The Balaban J connectivity index is 1.88. The Morgan fingerprint density at radius 3 is 2.44 bits per heavy atom. The van der Waals surface area contributed by atoms with Gasteiger partial charge in [-0.2, -0.15) is 5.10 Å². The molecule has 0 spiro atoms. The Bertz CT molecular complexity index is 525. The Labute approximate surface area is 111 Å². The molecule has 2 aromatic rings. The zero-order valence-corrected chi connectivity index (χ0v) is 11.2. The third-order valence-electron chi connectivity index (χ3n) is 2.70. The van der Waals surface area contributed by atoms with Crippen LogP contribution in [0.2, 0.25) is 5.02 Å². The van der Waals surface area contributed by atoms with Crippen LogP contribution in [0.1, 0.15) is 17.0 Å². The molecule has 0 atom stereocenters. The lowest BCUT2D eigenvalue weighted by Crippen LogP contribution is -2.10. The zero-order chi connectivity index (χ0) is 13.0. The van der Waals surface area contributed by atoms with Gasteiger partial charge in [0.2, 0.25) is 5.95 Å². The number of aromatic nitrogens is 3. The minimum Gasteiger partial charge on any atom is -0.353 e. The second-order valence-electron chi connectivity index (χ2n) is 4.11. The van der Waals surface area contributed by atoms with Crippen molar-refractivity contribution in [1.82, 2.24) is 15.2 Å². The summed E-state index contributed by atoms with van der Waals surface area (Å²) < 4.78 is 0. The third-order valence-corrected chi connectivity index (χ3v) is 2.95. The van der Waals surface area contributed by atoms with Gasteiger partial charge in [-0.25, -0.2) is 4.98 Å². The number of rotatable bonds is 4. The van der Waals surface area contributed by atoms with Crippen molar-refractivity contribution in [2.75, 3.05) is 11.9 Å². The SMILES string of the molecule is Cc1nnc(NCCc2ccc(Cl)cc2)nc1C. The second kappa shape index (κ2) is 5.78. The monoisotopic (exact) mass is 262 g/mol. The molecule has 1 aromatic carbocycles. The minimum absolute atomic E-state index is 0.576. The fourth-order valence-electron chi connectivity index (χ4n) is 1.50. The van der Waals surface area contributed by atoms with Crippen LogP contribution < -0.4 is 5.32 Å². The first kappa shape index (κ1) is 12.8. The van der Waals surface area contributed by atoms with Crippen molar-refractivity contribution >= 4 is 17.5 Å². The maximum absolute atomic E-state index is 5.83. The van der Waals surface area contributed by atoms with Gasteiger partial charge in [0.05, 0.1) is 11.4 Å². The second-order valence-corrected chi connectivity index (χ2v) is 4.55. The molecule has 1 heterocycles. The number of hydrogen-bond donors (Lipinski definition) is 1. The van der Waals surface area contributed by atoms with Gasteiger partial charge in [-0.1, -0.05) is 23.7 Å². The van der Waals surface area contributed by atoms with E-state index in [1.165, 1.54) is 5.56 Å². The van der Waals surface area contributed by atoms with Crippen LogP contribution in [0.3, 0.4) is 0 Å². The summed E-state index contributed by atoms with van der Waals surface area (Å²) in [5.41, 5.74) is 2.99. The van der Waals surface area contributed by atoms with Gasteiger partial charge in [0, 0.05) is 11.6 Å². The molecule has 0 amide bonds. The molecule has 18 heavy (non-hydrogen) atoms. The number of hydrogen-bond acceptors (Lipinski definition) is 4. The van der Waals surface area contributed by atoms with Gasteiger partial charge in [0.25, 0.3) is 0 Å². The lowest BCUT2D eigenvalue weighted by molar-refractivity contribution is 0.878. The Hall–Kier alpha value is -1.68. The summed E-state index contributed by atoms with van der Waals surface area (Å²) in [5, 5.41) is 11.9. The molecule has 1 aromatic heterocycles. The lowest BCUT2D eigenvalue weighted by atomic mass is 10.1. The number of aryl methyl sites for hydroxylation is 2. The van der Waals surface area contributed by atoms with E-state index in [0.29, 0.717) is 5.95 Å². The molecule has 2 rings (SSSR count). The molecule has 0 unspecified atom stereocenters. The van der Waals surface area contributed by atoms with E-state index < -0.39 is 0 Å². The van der Waals surface area contributed by atoms with E-state index in [1.54, 1.807) is 0 Å². The quantitative estimate of drug-likeness (QED) is 0.921. The van der Waals surface area contributed by atoms with E-state index in [0.717, 1.165) is 29.4 Å². The van der Waals surface area contributed by atoms with Crippen LogP contribution in [-0.4, -0.2) is 21.7 Å². The van der Waals surface area contributed by atoms with Crippen LogP contribution >= 0.6 is 11.6 Å². The average Bonchev–Trinajstić information content (AvgIpc) is 2.36. The molecule has 94 valence electrons. The van der Waals surface area contributed by atoms with Crippen molar-refractivity contribution in [2.45, 2.75) is 20.3 Å². The Morgan fingerprint density at radius 1 is 1.06 bits per heavy atom. The van der Waals surface area contributed by atoms with Crippen molar-refractivity contribution in [2.24, 2.45) is 0 Å². The highest BCUT2D eigenvalue weighted by atomic mass is 35.5. The predicted molar refractivity (Wildman–Crippen MR) is 72.9 cm³/mol. The Morgan fingerprint density at radius 2 is 1.78 bits per heavy atom. The molecule has 1 N–H and O–H groups in total. The van der Waals surface area contributed by atoms with E-state index >= 15 is 0 Å². The lowest BCUT2D eigenvalue weighted by Gasteiger charge is -2.05. The van der Waals surface area contributed by atoms with E-state index in [1.807, 2.05) is 38.1 Å². The molecule has 0 aliphatic carbocycles. The third kappa shape index (κ3) is 3.40. The molecule has 0 aliphatic rings. The van der Waals surface area contributed by atoms with Crippen molar-refractivity contribution in [3.05, 3.63) is 46.2 Å². The van der Waals surface area contributed by atoms with Crippen LogP contribution in [0.5, 0.6) is 0 Å². The molecular weight excluding hydrogens is 248 g/mol. The van der Waals surface area contributed by atoms with Gasteiger partial charge in [-0.15, -0.1) is 5.10 Å². The Kier molecular flexibility index (Phi) is 4.10. The van der Waals surface area contributed by atoms with Crippen molar-refractivity contribution < 1.29 is 0 Å². The molecule has 0 fully saturated rings. The van der Waals surface area contributed by atoms with Crippen LogP contribution in [0.4, 0.5) is 5.95 Å². The molecule has 4 nitrogen and oxygen atoms in total. The minimum atomic E-state index is 0.576. The maximum atomic E-state index is 5.83. The van der Waals surface area contributed by atoms with Crippen LogP contribution in [0.25, 0.3) is 0 Å². The number of nitrogens with one attached hydrogen (secondary N) is 1. The van der Waals surface area contributed by atoms with Gasteiger partial charge in [0.1, 0.15) is 0 Å². The van der Waals surface area contributed by atoms with Gasteiger partial charge in [-0.3, -0.25) is 0 Å². The highest BCUT2D eigenvalue weighted by Crippen LogP contribution is 2.10. The molecule has 0 saturated heterocycles. The van der Waals surface area contributed by atoms with Gasteiger partial charge in [-0.05, 0) is 38.0 Å². The summed E-state index contributed by atoms with van der Waals surface area (Å²) in [7, 11) is 0. The van der Waals surface area contributed by atoms with Crippen molar-refractivity contribution in [1.29, 1.82) is 0 Å². The van der Waals surface area contributed by atoms with Crippen molar-refractivity contribution in [3.8, 4) is 0 Å². The first-order chi connectivity index (χ1) is 8.65. The van der Waals surface area contributed by atoms with E-state index in [-0.39, 0.29) is 0 Å². The standard InChI is InChI=1S/C13H15ClN4/c1-9-10(2)17-18-13(16-9)15-8-7-11-3-5-12(14)6-4-11/h3-6H,7-8H2,1-2H3,(H,15,16,18). The summed E-state index contributed by atoms with van der Waals surface area (Å²) in [6, 6.07) is 7.82. The zero-order valence-electron chi connectivity index (χ0n) is 10.4. The number of nitrogens with zero attached hydrogens (tertiary/aromatic N) is 3. The van der Waals surface area contributed by atoms with Gasteiger partial charge >= 0.3 is 0 Å². The molecule has 0 saturated carbocycles. The van der Waals surface area contributed by atoms with Crippen LogP contribution in [0, 0.1) is 13.8 Å². The van der Waals surface area contributed by atoms with E-state index in [9.17, 15) is 0 Å². The average molecular weight is 263 g/mol. The highest BCUT2D eigenvalue weighted by molar-refractivity contribution is 6.30. The molecule has 0 radical (unpaired) electrons. The molecule has 0 aliphatic heterocycles. The van der Waals surface area contributed by atoms with Crippen LogP contribution in [0.15, 0.2) is 24.3 Å². The fourth-order valence-corrected chi connectivity index (χ4v) is 1.63. The largest absolute Gasteiger partial charge is 0.353 e. The fraction of sp³-hybridized carbons (Fsp3) is 0.308. The number of benzene rings is 1. The first-order valence-corrected chi connectivity index (χ1v) is 6.19. The van der Waals surface area contributed by atoms with E-state index in [2.05, 4.69) is 20.5 Å². The molecule has 0 bridgehead atoms. The summed E-state index contributed by atoms with van der Waals surface area (Å²) in [6.45, 7) is 4.59. The number of halogens is 1. The van der Waals surface area contributed by atoms with Crippen molar-refractivity contribution in [3.63, 3.8) is 0 Å². The van der Waals surface area contributed by atoms with Gasteiger partial charge in [0.15, 0.2) is 0 Å². The first-order valence-electron chi connectivity index (χ1n) is 5.81. The summed E-state index contributed by atoms with van der Waals surface area (Å²) in [4.78, 5) is 4.31. The highest BCUT2D eigenvalue weighted by Gasteiger charge is 2.00. The topological polar surface area (TPSA) is 50.7 Å². The summed E-state index contributed by atoms with van der Waals surface area (Å²) in [6.07, 6.45) is 0.896. The smallest absolute Gasteiger partial charge is 0.242 e. The summed E-state index contributed by atoms with van der Waals surface area (Å²) >= 11 is 5.83. The van der Waals surface area contributed by atoms with E-state index in [4.69, 9.17) is 11.6 Å².